The molecule has 0 aliphatic rings. The van der Waals surface area contributed by atoms with E-state index in [2.05, 4.69) is 22.9 Å². The van der Waals surface area contributed by atoms with Crippen LogP contribution in [0.15, 0.2) is 22.7 Å². The van der Waals surface area contributed by atoms with Gasteiger partial charge in [-0.15, -0.1) is 0 Å². The van der Waals surface area contributed by atoms with Crippen molar-refractivity contribution in [2.45, 2.75) is 13.3 Å². The van der Waals surface area contributed by atoms with Crippen LogP contribution in [-0.4, -0.2) is 19.8 Å². The minimum atomic E-state index is -0.281. The molecule has 0 aliphatic carbocycles. The van der Waals surface area contributed by atoms with Crippen molar-refractivity contribution in [1.82, 2.24) is 0 Å². The Morgan fingerprint density at radius 2 is 2.07 bits per heavy atom. The Balaban J connectivity index is 2.31. The van der Waals surface area contributed by atoms with E-state index in [9.17, 15) is 4.39 Å². The van der Waals surface area contributed by atoms with Crippen molar-refractivity contribution in [2.75, 3.05) is 19.8 Å². The highest BCUT2D eigenvalue weighted by Crippen LogP contribution is 2.25. The number of hydrogen-bond donors (Lipinski definition) is 0. The third-order valence-electron chi connectivity index (χ3n) is 1.73. The van der Waals surface area contributed by atoms with Crippen LogP contribution in [0.25, 0.3) is 0 Å². The van der Waals surface area contributed by atoms with Crippen molar-refractivity contribution < 1.29 is 13.9 Å². The molecule has 0 fully saturated rings. The van der Waals surface area contributed by atoms with Crippen molar-refractivity contribution in [1.29, 1.82) is 0 Å². The average Bonchev–Trinajstić information content (AvgIpc) is 2.20. The molecule has 0 atom stereocenters. The highest BCUT2D eigenvalue weighted by molar-refractivity contribution is 9.10. The quantitative estimate of drug-likeness (QED) is 0.742. The predicted molar refractivity (Wildman–Crippen MR) is 60.7 cm³/mol. The molecular weight excluding hydrogens is 263 g/mol. The standard InChI is InChI=1S/C11H14BrFO2/c1-2-5-14-6-7-15-11-4-3-9(13)8-10(11)12/h3-4,8H,2,5-7H2,1H3. The lowest BCUT2D eigenvalue weighted by Gasteiger charge is -2.08. The van der Waals surface area contributed by atoms with Gasteiger partial charge >= 0.3 is 0 Å². The fraction of sp³-hybridized carbons (Fsp3) is 0.455. The molecule has 0 radical (unpaired) electrons. The van der Waals surface area contributed by atoms with Gasteiger partial charge in [0.15, 0.2) is 0 Å². The molecule has 0 spiro atoms. The highest BCUT2D eigenvalue weighted by atomic mass is 79.9. The highest BCUT2D eigenvalue weighted by Gasteiger charge is 2.01. The molecule has 0 N–H and O–H groups in total. The largest absolute Gasteiger partial charge is 0.490 e. The molecule has 4 heteroatoms. The topological polar surface area (TPSA) is 18.5 Å². The van der Waals surface area contributed by atoms with Crippen molar-refractivity contribution in [3.63, 3.8) is 0 Å². The van der Waals surface area contributed by atoms with Crippen LogP contribution >= 0.6 is 15.9 Å². The molecule has 2 nitrogen and oxygen atoms in total. The lowest BCUT2D eigenvalue weighted by molar-refractivity contribution is 0.100. The smallest absolute Gasteiger partial charge is 0.133 e. The Labute approximate surface area is 97.5 Å². The summed E-state index contributed by atoms with van der Waals surface area (Å²) in [7, 11) is 0. The van der Waals surface area contributed by atoms with Crippen LogP contribution in [0.4, 0.5) is 4.39 Å². The predicted octanol–water partition coefficient (Wildman–Crippen LogP) is 3.39. The summed E-state index contributed by atoms with van der Waals surface area (Å²) in [5, 5.41) is 0. The van der Waals surface area contributed by atoms with Gasteiger partial charge in [-0.1, -0.05) is 6.92 Å². The molecule has 0 aliphatic heterocycles. The molecule has 1 rings (SSSR count). The second kappa shape index (κ2) is 6.80. The molecule has 0 bridgehead atoms. The second-order valence-corrected chi connectivity index (χ2v) is 3.89. The molecule has 0 unspecified atom stereocenters. The number of ether oxygens (including phenoxy) is 2. The van der Waals surface area contributed by atoms with Crippen LogP contribution in [0.3, 0.4) is 0 Å². The summed E-state index contributed by atoms with van der Waals surface area (Å²) in [4.78, 5) is 0. The Hall–Kier alpha value is -0.610. The fourth-order valence-electron chi connectivity index (χ4n) is 1.05. The van der Waals surface area contributed by atoms with Crippen LogP contribution < -0.4 is 4.74 Å². The first-order chi connectivity index (χ1) is 7.24. The van der Waals surface area contributed by atoms with Crippen LogP contribution in [0.2, 0.25) is 0 Å². The molecule has 15 heavy (non-hydrogen) atoms. The minimum absolute atomic E-state index is 0.281. The third kappa shape index (κ3) is 4.62. The van der Waals surface area contributed by atoms with E-state index in [4.69, 9.17) is 9.47 Å². The summed E-state index contributed by atoms with van der Waals surface area (Å²) in [5.74, 6) is 0.355. The van der Waals surface area contributed by atoms with E-state index in [-0.39, 0.29) is 5.82 Å². The summed E-state index contributed by atoms with van der Waals surface area (Å²) < 4.78 is 24.0. The summed E-state index contributed by atoms with van der Waals surface area (Å²) in [6.07, 6.45) is 1.00. The number of rotatable bonds is 6. The van der Waals surface area contributed by atoms with E-state index in [1.165, 1.54) is 12.1 Å². The zero-order valence-corrected chi connectivity index (χ0v) is 10.2. The number of hydrogen-bond acceptors (Lipinski definition) is 2. The summed E-state index contributed by atoms with van der Waals surface area (Å²) in [5.41, 5.74) is 0. The maximum atomic E-state index is 12.7. The first kappa shape index (κ1) is 12.5. The van der Waals surface area contributed by atoms with Crippen molar-refractivity contribution in [2.24, 2.45) is 0 Å². The lowest BCUT2D eigenvalue weighted by atomic mass is 10.3. The van der Waals surface area contributed by atoms with Gasteiger partial charge in [0.2, 0.25) is 0 Å². The van der Waals surface area contributed by atoms with Gasteiger partial charge < -0.3 is 9.47 Å². The summed E-state index contributed by atoms with van der Waals surface area (Å²) >= 11 is 3.22. The number of benzene rings is 1. The maximum Gasteiger partial charge on any atom is 0.133 e. The fourth-order valence-corrected chi connectivity index (χ4v) is 1.51. The minimum Gasteiger partial charge on any atom is -0.490 e. The van der Waals surface area contributed by atoms with E-state index >= 15 is 0 Å². The second-order valence-electron chi connectivity index (χ2n) is 3.04. The van der Waals surface area contributed by atoms with Crippen molar-refractivity contribution in [3.8, 4) is 5.75 Å². The van der Waals surface area contributed by atoms with Crippen LogP contribution in [0.1, 0.15) is 13.3 Å². The first-order valence-corrected chi connectivity index (χ1v) is 5.69. The van der Waals surface area contributed by atoms with Gasteiger partial charge in [0.25, 0.3) is 0 Å². The summed E-state index contributed by atoms with van der Waals surface area (Å²) in [6.45, 7) is 3.83. The molecule has 84 valence electrons. The van der Waals surface area contributed by atoms with Gasteiger partial charge in [-0.2, -0.15) is 0 Å². The van der Waals surface area contributed by atoms with E-state index in [1.54, 1.807) is 6.07 Å². The third-order valence-corrected chi connectivity index (χ3v) is 2.35. The normalized spacial score (nSPS) is 10.3. The van der Waals surface area contributed by atoms with Gasteiger partial charge in [-0.3, -0.25) is 0 Å². The molecule has 0 heterocycles. The van der Waals surface area contributed by atoms with Gasteiger partial charge in [-0.25, -0.2) is 4.39 Å². The monoisotopic (exact) mass is 276 g/mol. The van der Waals surface area contributed by atoms with E-state index in [0.29, 0.717) is 23.4 Å². The molecule has 0 saturated carbocycles. The van der Waals surface area contributed by atoms with Gasteiger partial charge in [-0.05, 0) is 40.5 Å². The first-order valence-electron chi connectivity index (χ1n) is 4.89. The lowest BCUT2D eigenvalue weighted by Crippen LogP contribution is -2.07. The average molecular weight is 277 g/mol. The zero-order chi connectivity index (χ0) is 11.1. The Bertz CT molecular complexity index is 305. The molecule has 0 amide bonds. The summed E-state index contributed by atoms with van der Waals surface area (Å²) in [6, 6.07) is 4.34. The van der Waals surface area contributed by atoms with Crippen LogP contribution in [0, 0.1) is 5.82 Å². The molecular formula is C11H14BrFO2. The SMILES string of the molecule is CCCOCCOc1ccc(F)cc1Br. The molecule has 1 aromatic rings. The van der Waals surface area contributed by atoms with Crippen molar-refractivity contribution in [3.05, 3.63) is 28.5 Å². The van der Waals surface area contributed by atoms with Crippen LogP contribution in [0.5, 0.6) is 5.75 Å². The van der Waals surface area contributed by atoms with E-state index < -0.39 is 0 Å². The zero-order valence-electron chi connectivity index (χ0n) is 8.63. The van der Waals surface area contributed by atoms with Gasteiger partial charge in [0.05, 0.1) is 11.1 Å². The molecule has 1 aromatic carbocycles. The Morgan fingerprint density at radius 1 is 1.27 bits per heavy atom. The number of halogens is 2. The van der Waals surface area contributed by atoms with Crippen LogP contribution in [-0.2, 0) is 4.74 Å². The maximum absolute atomic E-state index is 12.7. The van der Waals surface area contributed by atoms with Gasteiger partial charge in [0.1, 0.15) is 18.2 Å². The van der Waals surface area contributed by atoms with Crippen molar-refractivity contribution >= 4 is 15.9 Å². The Kier molecular flexibility index (Phi) is 5.65. The molecule has 0 aromatic heterocycles. The molecule has 0 saturated heterocycles. The van der Waals surface area contributed by atoms with E-state index in [0.717, 1.165) is 13.0 Å². The van der Waals surface area contributed by atoms with E-state index in [1.807, 2.05) is 0 Å². The van der Waals surface area contributed by atoms with Gasteiger partial charge in [0, 0.05) is 6.61 Å². The Morgan fingerprint density at radius 3 is 2.73 bits per heavy atom.